The van der Waals surface area contributed by atoms with Crippen LogP contribution in [0.2, 0.25) is 0 Å². The number of benzene rings is 1. The molecule has 1 aliphatic heterocycles. The summed E-state index contributed by atoms with van der Waals surface area (Å²) in [6.45, 7) is 2.20. The van der Waals surface area contributed by atoms with Crippen molar-refractivity contribution < 1.29 is 17.9 Å². The van der Waals surface area contributed by atoms with Gasteiger partial charge in [0.1, 0.15) is 0 Å². The van der Waals surface area contributed by atoms with Crippen molar-refractivity contribution in [3.63, 3.8) is 0 Å². The van der Waals surface area contributed by atoms with E-state index in [1.165, 1.54) is 44.2 Å². The minimum absolute atomic E-state index is 0.150. The van der Waals surface area contributed by atoms with Gasteiger partial charge in [-0.3, -0.25) is 0 Å². The molecule has 1 aliphatic carbocycles. The van der Waals surface area contributed by atoms with E-state index in [1.807, 2.05) is 0 Å². The first-order chi connectivity index (χ1) is 12.1. The van der Waals surface area contributed by atoms with Gasteiger partial charge in [-0.2, -0.15) is 0 Å². The Morgan fingerprint density at radius 3 is 2.04 bits per heavy atom. The first-order valence-electron chi connectivity index (χ1n) is 9.86. The molecule has 140 valence electrons. The molecule has 0 aromatic heterocycles. The molecule has 0 N–H and O–H groups in total. The minimum Gasteiger partial charge on any atom is -0.375 e. The largest absolute Gasteiger partial charge is 0.375 e. The highest BCUT2D eigenvalue weighted by atomic mass is 19.2. The second-order valence-electron chi connectivity index (χ2n) is 7.84. The van der Waals surface area contributed by atoms with Gasteiger partial charge in [0, 0.05) is 0 Å². The molecule has 2 unspecified atom stereocenters. The molecule has 4 heteroatoms. The van der Waals surface area contributed by atoms with Crippen LogP contribution in [-0.2, 0) is 4.74 Å². The van der Waals surface area contributed by atoms with E-state index in [1.54, 1.807) is 0 Å². The standard InChI is InChI=1S/C21H29F3O/c1-2-3-17-10-11-18(25-17)9-6-14-4-7-15(8-5-14)16-12-19(22)21(24)20(23)13-16/h12-15,17-18H,2-11H2,1H3. The summed E-state index contributed by atoms with van der Waals surface area (Å²) in [6, 6.07) is 2.34. The maximum absolute atomic E-state index is 13.4. The van der Waals surface area contributed by atoms with Crippen LogP contribution in [0.4, 0.5) is 13.2 Å². The normalized spacial score (nSPS) is 29.9. The van der Waals surface area contributed by atoms with Gasteiger partial charge in [0.25, 0.3) is 0 Å². The van der Waals surface area contributed by atoms with Crippen LogP contribution in [0.5, 0.6) is 0 Å². The fraction of sp³-hybridized carbons (Fsp3) is 0.714. The third-order valence-electron chi connectivity index (χ3n) is 6.03. The fourth-order valence-corrected chi connectivity index (χ4v) is 4.54. The topological polar surface area (TPSA) is 9.23 Å². The van der Waals surface area contributed by atoms with Crippen molar-refractivity contribution in [2.45, 2.75) is 89.3 Å². The summed E-state index contributed by atoms with van der Waals surface area (Å²) < 4.78 is 46.0. The molecule has 1 aromatic rings. The van der Waals surface area contributed by atoms with Gasteiger partial charge in [0.15, 0.2) is 17.5 Å². The monoisotopic (exact) mass is 354 g/mol. The zero-order valence-electron chi connectivity index (χ0n) is 15.1. The average Bonchev–Trinajstić information content (AvgIpc) is 3.06. The van der Waals surface area contributed by atoms with Crippen LogP contribution in [0.15, 0.2) is 12.1 Å². The molecule has 1 nitrogen and oxygen atoms in total. The smallest absolute Gasteiger partial charge is 0.194 e. The lowest BCUT2D eigenvalue weighted by atomic mass is 9.77. The Bertz CT molecular complexity index is 543. The SMILES string of the molecule is CCCC1CCC(CCC2CCC(c3cc(F)c(F)c(F)c3)CC2)O1. The molecule has 0 bridgehead atoms. The molecule has 0 spiro atoms. The molecule has 2 atom stereocenters. The summed E-state index contributed by atoms with van der Waals surface area (Å²) >= 11 is 0. The Morgan fingerprint density at radius 2 is 1.44 bits per heavy atom. The lowest BCUT2D eigenvalue weighted by Gasteiger charge is -2.29. The summed E-state index contributed by atoms with van der Waals surface area (Å²) in [7, 11) is 0. The van der Waals surface area contributed by atoms with Gasteiger partial charge < -0.3 is 4.74 Å². The minimum atomic E-state index is -1.37. The van der Waals surface area contributed by atoms with Crippen LogP contribution in [0.25, 0.3) is 0 Å². The maximum Gasteiger partial charge on any atom is 0.194 e. The molecule has 1 saturated carbocycles. The van der Waals surface area contributed by atoms with Crippen LogP contribution >= 0.6 is 0 Å². The third kappa shape index (κ3) is 4.78. The highest BCUT2D eigenvalue weighted by molar-refractivity contribution is 5.23. The van der Waals surface area contributed by atoms with E-state index < -0.39 is 17.5 Å². The van der Waals surface area contributed by atoms with E-state index in [4.69, 9.17) is 4.74 Å². The summed E-state index contributed by atoms with van der Waals surface area (Å²) in [5.41, 5.74) is 0.608. The van der Waals surface area contributed by atoms with Gasteiger partial charge in [-0.1, -0.05) is 13.3 Å². The molecule has 2 fully saturated rings. The van der Waals surface area contributed by atoms with E-state index in [0.29, 0.717) is 23.7 Å². The fourth-order valence-electron chi connectivity index (χ4n) is 4.54. The van der Waals surface area contributed by atoms with Crippen LogP contribution in [-0.4, -0.2) is 12.2 Å². The van der Waals surface area contributed by atoms with Crippen molar-refractivity contribution in [3.8, 4) is 0 Å². The molecule has 1 saturated heterocycles. The van der Waals surface area contributed by atoms with Crippen LogP contribution < -0.4 is 0 Å². The quantitative estimate of drug-likeness (QED) is 0.529. The summed E-state index contributed by atoms with van der Waals surface area (Å²) in [6.07, 6.45) is 12.0. The number of ether oxygens (including phenoxy) is 1. The summed E-state index contributed by atoms with van der Waals surface area (Å²) in [4.78, 5) is 0. The van der Waals surface area contributed by atoms with Crippen molar-refractivity contribution >= 4 is 0 Å². The van der Waals surface area contributed by atoms with Crippen molar-refractivity contribution in [1.29, 1.82) is 0 Å². The predicted molar refractivity (Wildman–Crippen MR) is 93.1 cm³/mol. The molecule has 0 radical (unpaired) electrons. The lowest BCUT2D eigenvalue weighted by molar-refractivity contribution is 0.0313. The van der Waals surface area contributed by atoms with Gasteiger partial charge >= 0.3 is 0 Å². The van der Waals surface area contributed by atoms with E-state index in [-0.39, 0.29) is 5.92 Å². The van der Waals surface area contributed by atoms with Crippen molar-refractivity contribution in [3.05, 3.63) is 35.1 Å². The maximum atomic E-state index is 13.4. The Kier molecular flexibility index (Phi) is 6.43. The molecule has 3 rings (SSSR count). The zero-order valence-corrected chi connectivity index (χ0v) is 15.1. The summed E-state index contributed by atoms with van der Waals surface area (Å²) in [5, 5.41) is 0. The van der Waals surface area contributed by atoms with Crippen LogP contribution in [0, 0.1) is 23.4 Å². The Hall–Kier alpha value is -1.03. The Balaban J connectivity index is 1.43. The molecule has 0 amide bonds. The molecule has 1 heterocycles. The Labute approximate surface area is 149 Å². The van der Waals surface area contributed by atoms with Gasteiger partial charge in [0.2, 0.25) is 0 Å². The van der Waals surface area contributed by atoms with Crippen LogP contribution in [0.3, 0.4) is 0 Å². The highest BCUT2D eigenvalue weighted by Crippen LogP contribution is 2.39. The molecular formula is C21H29F3O. The molecule has 2 aliphatic rings. The number of hydrogen-bond donors (Lipinski definition) is 0. The van der Waals surface area contributed by atoms with Gasteiger partial charge in [-0.15, -0.1) is 0 Å². The first-order valence-corrected chi connectivity index (χ1v) is 9.86. The lowest BCUT2D eigenvalue weighted by Crippen LogP contribution is -2.17. The van der Waals surface area contributed by atoms with E-state index >= 15 is 0 Å². The van der Waals surface area contributed by atoms with Crippen LogP contribution in [0.1, 0.15) is 82.6 Å². The molecule has 1 aromatic carbocycles. The highest BCUT2D eigenvalue weighted by Gasteiger charge is 2.28. The second kappa shape index (κ2) is 8.57. The van der Waals surface area contributed by atoms with E-state index in [0.717, 1.165) is 32.1 Å². The van der Waals surface area contributed by atoms with Gasteiger partial charge in [0.05, 0.1) is 12.2 Å². The van der Waals surface area contributed by atoms with E-state index in [9.17, 15) is 13.2 Å². The van der Waals surface area contributed by atoms with E-state index in [2.05, 4.69) is 6.92 Å². The molecular weight excluding hydrogens is 325 g/mol. The van der Waals surface area contributed by atoms with Gasteiger partial charge in [-0.25, -0.2) is 13.2 Å². The first kappa shape index (κ1) is 18.8. The predicted octanol–water partition coefficient (Wildman–Crippen LogP) is 6.51. The number of halogens is 3. The Morgan fingerprint density at radius 1 is 0.840 bits per heavy atom. The number of hydrogen-bond acceptors (Lipinski definition) is 1. The van der Waals surface area contributed by atoms with Crippen molar-refractivity contribution in [2.75, 3.05) is 0 Å². The van der Waals surface area contributed by atoms with Crippen molar-refractivity contribution in [2.24, 2.45) is 5.92 Å². The van der Waals surface area contributed by atoms with Crippen molar-refractivity contribution in [1.82, 2.24) is 0 Å². The average molecular weight is 354 g/mol. The third-order valence-corrected chi connectivity index (χ3v) is 6.03. The second-order valence-corrected chi connectivity index (χ2v) is 7.84. The summed E-state index contributed by atoms with van der Waals surface area (Å²) in [5.74, 6) is -2.68. The number of rotatable bonds is 6. The molecule has 25 heavy (non-hydrogen) atoms. The zero-order chi connectivity index (χ0) is 17.8. The van der Waals surface area contributed by atoms with Gasteiger partial charge in [-0.05, 0) is 87.3 Å².